The summed E-state index contributed by atoms with van der Waals surface area (Å²) in [5, 5.41) is 0. The zero-order valence-corrected chi connectivity index (χ0v) is 29.7. The Bertz CT molecular complexity index is 2190. The van der Waals surface area contributed by atoms with E-state index in [-0.39, 0.29) is 0 Å². The molecule has 234 valence electrons. The van der Waals surface area contributed by atoms with E-state index in [1.807, 2.05) is 53.0 Å². The number of allylic oxidation sites excluding steroid dienone is 2. The van der Waals surface area contributed by atoms with Crippen LogP contribution in [0.1, 0.15) is 39.1 Å². The maximum absolute atomic E-state index is 16.5. The monoisotopic (exact) mass is 736 g/mol. The van der Waals surface area contributed by atoms with Gasteiger partial charge in [-0.3, -0.25) is 0 Å². The van der Waals surface area contributed by atoms with E-state index in [1.165, 1.54) is 5.56 Å². The van der Waals surface area contributed by atoms with Crippen LogP contribution in [0.2, 0.25) is 6.82 Å². The Balaban J connectivity index is 1.71. The fraction of sp³-hybridized carbons (Fsp3) is 0.0930. The Morgan fingerprint density at radius 1 is 0.646 bits per heavy atom. The maximum atomic E-state index is 16.5. The molecule has 6 aromatic rings. The first-order chi connectivity index (χ1) is 23.3. The van der Waals surface area contributed by atoms with Crippen LogP contribution in [-0.2, 0) is 0 Å². The summed E-state index contributed by atoms with van der Waals surface area (Å²) < 4.78 is 19.5. The average molecular weight is 736 g/mol. The molecule has 5 aromatic carbocycles. The molecule has 0 aliphatic carbocycles. The lowest BCUT2D eigenvalue weighted by atomic mass is 9.83. The zero-order valence-electron chi connectivity index (χ0n) is 27.5. The third-order valence-electron chi connectivity index (χ3n) is 8.94. The first-order valence-electron chi connectivity index (χ1n) is 16.3. The maximum Gasteiger partial charge on any atom is 0.462 e. The molecule has 0 N–H and O–H groups in total. The summed E-state index contributed by atoms with van der Waals surface area (Å²) in [7, 11) is -1.32. The van der Waals surface area contributed by atoms with E-state index in [2.05, 4.69) is 134 Å². The van der Waals surface area contributed by atoms with E-state index < -0.39 is 7.12 Å². The van der Waals surface area contributed by atoms with Gasteiger partial charge < -0.3 is 8.79 Å². The van der Waals surface area contributed by atoms with Gasteiger partial charge in [0, 0.05) is 37.2 Å². The molecule has 0 amide bonds. The summed E-state index contributed by atoms with van der Waals surface area (Å²) in [6.07, 6.45) is 0. The van der Waals surface area contributed by atoms with Crippen LogP contribution < -0.4 is 0 Å². The van der Waals surface area contributed by atoms with Gasteiger partial charge in [0.25, 0.3) is 0 Å². The number of halogens is 2. The number of hydrogen-bond acceptors (Lipinski definition) is 1. The lowest BCUT2D eigenvalue weighted by Crippen LogP contribution is -2.19. The van der Waals surface area contributed by atoms with Crippen LogP contribution in [0.3, 0.4) is 0 Å². The van der Waals surface area contributed by atoms with Crippen LogP contribution in [0.25, 0.3) is 33.5 Å². The van der Waals surface area contributed by atoms with Crippen LogP contribution in [0.4, 0.5) is 4.32 Å². The summed E-state index contributed by atoms with van der Waals surface area (Å²) in [4.78, 5) is 5.55. The van der Waals surface area contributed by atoms with Gasteiger partial charge >= 0.3 is 7.12 Å². The van der Waals surface area contributed by atoms with Gasteiger partial charge in [0.1, 0.15) is 0 Å². The molecule has 0 spiro atoms. The number of rotatable bonds is 7. The van der Waals surface area contributed by atoms with Crippen molar-refractivity contribution in [3.63, 3.8) is 0 Å². The van der Waals surface area contributed by atoms with Crippen molar-refractivity contribution in [2.45, 2.75) is 27.6 Å². The molecule has 1 aliphatic rings. The van der Waals surface area contributed by atoms with Gasteiger partial charge in [0.15, 0.2) is 0 Å². The minimum Gasteiger partial charge on any atom is -0.355 e. The van der Waals surface area contributed by atoms with Crippen LogP contribution in [-0.4, -0.2) is 17.3 Å². The van der Waals surface area contributed by atoms with Gasteiger partial charge in [-0.15, -0.1) is 0 Å². The van der Waals surface area contributed by atoms with E-state index in [1.54, 1.807) is 6.82 Å². The standard InChI is InChI=1S/C43H35BFIN2/c1-28-25-29(2)37(30(3)26-28)39(42-38(33-21-13-7-14-22-33)40(46)41(47-42)34-23-15-8-16-24-34)43-35(31-17-9-5-10-18-31)27-36(48(43)44(4)45)32-19-11-6-12-20-32/h5-27H,1-4H3/b42-39-. The van der Waals surface area contributed by atoms with Gasteiger partial charge in [-0.1, -0.05) is 139 Å². The minimum absolute atomic E-state index is 0.816. The molecule has 0 atom stereocenters. The molecule has 5 heteroatoms. The summed E-state index contributed by atoms with van der Waals surface area (Å²) in [6.45, 7) is 8.09. The van der Waals surface area contributed by atoms with Crippen molar-refractivity contribution in [1.29, 1.82) is 0 Å². The fourth-order valence-corrected chi connectivity index (χ4v) is 8.02. The molecule has 0 radical (unpaired) electrons. The van der Waals surface area contributed by atoms with Gasteiger partial charge in [-0.25, -0.2) is 4.99 Å². The second-order valence-corrected chi connectivity index (χ2v) is 13.4. The number of aliphatic imine (C=N–C) groups is 1. The Labute approximate surface area is 296 Å². The van der Waals surface area contributed by atoms with E-state index in [4.69, 9.17) is 4.99 Å². The van der Waals surface area contributed by atoms with Crippen molar-refractivity contribution >= 4 is 46.6 Å². The highest BCUT2D eigenvalue weighted by molar-refractivity contribution is 14.1. The molecule has 0 bridgehead atoms. The average Bonchev–Trinajstić information content (AvgIpc) is 3.66. The van der Waals surface area contributed by atoms with Crippen molar-refractivity contribution in [3.05, 3.63) is 188 Å². The Morgan fingerprint density at radius 3 is 1.65 bits per heavy atom. The number of hydrogen-bond donors (Lipinski definition) is 0. The van der Waals surface area contributed by atoms with Crippen molar-refractivity contribution in [1.82, 2.24) is 4.48 Å². The van der Waals surface area contributed by atoms with E-state index in [9.17, 15) is 0 Å². The number of aryl methyl sites for hydroxylation is 3. The molecule has 48 heavy (non-hydrogen) atoms. The smallest absolute Gasteiger partial charge is 0.355 e. The van der Waals surface area contributed by atoms with Crippen LogP contribution in [0, 0.1) is 20.8 Å². The van der Waals surface area contributed by atoms with Gasteiger partial charge in [-0.05, 0) is 89.6 Å². The van der Waals surface area contributed by atoms with E-state index in [0.29, 0.717) is 0 Å². The molecule has 1 aliphatic heterocycles. The molecule has 2 nitrogen and oxygen atoms in total. The van der Waals surface area contributed by atoms with Crippen molar-refractivity contribution < 1.29 is 4.32 Å². The molecule has 0 saturated carbocycles. The highest BCUT2D eigenvalue weighted by atomic mass is 127. The second kappa shape index (κ2) is 13.4. The van der Waals surface area contributed by atoms with E-state index >= 15 is 4.32 Å². The Morgan fingerprint density at radius 2 is 1.12 bits per heavy atom. The molecular formula is C43H35BFIN2. The third-order valence-corrected chi connectivity index (χ3v) is 10.00. The molecule has 0 saturated heterocycles. The van der Waals surface area contributed by atoms with Crippen LogP contribution in [0.5, 0.6) is 0 Å². The first kappa shape index (κ1) is 31.8. The summed E-state index contributed by atoms with van der Waals surface area (Å²) >= 11 is 2.46. The van der Waals surface area contributed by atoms with Gasteiger partial charge in [0.2, 0.25) is 0 Å². The summed E-state index contributed by atoms with van der Waals surface area (Å²) in [6, 6.07) is 47.9. The molecule has 1 aromatic heterocycles. The SMILES string of the molecule is CB(F)n1c(-c2ccccc2)cc(-c2ccccc2)c1/C(=C1\N=C(c2ccccc2)C(I)=C1c1ccccc1)c1c(C)cc(C)cc1C. The number of benzene rings is 5. The molecule has 2 heterocycles. The van der Waals surface area contributed by atoms with Crippen LogP contribution >= 0.6 is 22.6 Å². The second-order valence-electron chi connectivity index (χ2n) is 12.3. The van der Waals surface area contributed by atoms with E-state index in [0.717, 1.165) is 82.0 Å². The quantitative estimate of drug-likeness (QED) is 0.115. The predicted molar refractivity (Wildman–Crippen MR) is 210 cm³/mol. The van der Waals surface area contributed by atoms with Crippen molar-refractivity contribution in [2.75, 3.05) is 0 Å². The normalized spacial score (nSPS) is 13.9. The lowest BCUT2D eigenvalue weighted by molar-refractivity contribution is 0.798. The highest BCUT2D eigenvalue weighted by Crippen LogP contribution is 2.49. The fourth-order valence-electron chi connectivity index (χ4n) is 7.02. The zero-order chi connectivity index (χ0) is 33.4. The van der Waals surface area contributed by atoms with Crippen molar-refractivity contribution in [3.8, 4) is 22.4 Å². The molecular weight excluding hydrogens is 701 g/mol. The topological polar surface area (TPSA) is 17.3 Å². The molecule has 0 fully saturated rings. The van der Waals surface area contributed by atoms with Crippen LogP contribution in [0.15, 0.2) is 154 Å². The number of aromatic nitrogens is 1. The van der Waals surface area contributed by atoms with Gasteiger partial charge in [0.05, 0.1) is 11.4 Å². The lowest BCUT2D eigenvalue weighted by Gasteiger charge is -2.23. The summed E-state index contributed by atoms with van der Waals surface area (Å²) in [5.41, 5.74) is 14.9. The summed E-state index contributed by atoms with van der Waals surface area (Å²) in [5.74, 6) is 0. The van der Waals surface area contributed by atoms with Crippen molar-refractivity contribution in [2.24, 2.45) is 4.99 Å². The molecule has 7 rings (SSSR count). The highest BCUT2D eigenvalue weighted by Gasteiger charge is 2.34. The first-order valence-corrected chi connectivity index (χ1v) is 17.3. The minimum atomic E-state index is -1.32. The van der Waals surface area contributed by atoms with Gasteiger partial charge in [-0.2, -0.15) is 0 Å². The Kier molecular flexibility index (Phi) is 8.89. The number of nitrogens with zero attached hydrogens (tertiary/aromatic N) is 2. The Hall–Kier alpha value is -4.75. The third kappa shape index (κ3) is 5.81. The largest absolute Gasteiger partial charge is 0.462 e. The predicted octanol–water partition coefficient (Wildman–Crippen LogP) is 11.8. The molecule has 0 unspecified atom stereocenters.